The number of carboxylic acid groups (broad SMARTS) is 1. The number of carboxylic acids is 1. The Morgan fingerprint density at radius 2 is 2.07 bits per heavy atom. The Hall–Kier alpha value is -0.910. The van der Waals surface area contributed by atoms with E-state index in [9.17, 15) is 14.8 Å². The number of phenolic OH excluding ortho intramolecular Hbond substituents is 1. The molecule has 0 aliphatic rings. The van der Waals surface area contributed by atoms with Gasteiger partial charge in [0.15, 0.2) is 0 Å². The quantitative estimate of drug-likeness (QED) is 0.423. The molecule has 0 fully saturated rings. The van der Waals surface area contributed by atoms with Crippen molar-refractivity contribution in [1.82, 2.24) is 0 Å². The Morgan fingerprint density at radius 3 is 2.50 bits per heavy atom. The summed E-state index contributed by atoms with van der Waals surface area (Å²) in [6, 6.07) is 2.33. The summed E-state index contributed by atoms with van der Waals surface area (Å²) in [6.07, 6.45) is 0. The summed E-state index contributed by atoms with van der Waals surface area (Å²) < 4.78 is 0. The van der Waals surface area contributed by atoms with Crippen molar-refractivity contribution in [3.8, 4) is 5.75 Å². The van der Waals surface area contributed by atoms with E-state index in [0.29, 0.717) is 0 Å². The van der Waals surface area contributed by atoms with E-state index in [-0.39, 0.29) is 52.1 Å². The first-order valence-electron chi connectivity index (χ1n) is 3.45. The van der Waals surface area contributed by atoms with Crippen LogP contribution in [0.25, 0.3) is 0 Å². The van der Waals surface area contributed by atoms with E-state index in [1.165, 1.54) is 13.0 Å². The smallest absolute Gasteiger partial charge is 0.545 e. The molecule has 0 aliphatic heterocycles. The van der Waals surface area contributed by atoms with E-state index in [1.54, 1.807) is 0 Å². The minimum absolute atomic E-state index is 0. The van der Waals surface area contributed by atoms with Crippen molar-refractivity contribution in [1.29, 1.82) is 0 Å². The topological polar surface area (TPSA) is 89.8 Å². The van der Waals surface area contributed by atoms with Crippen molar-refractivity contribution >= 4 is 11.7 Å². The Balaban J connectivity index is 0.00000169. The van der Waals surface area contributed by atoms with Crippen molar-refractivity contribution in [2.45, 2.75) is 6.92 Å². The SMILES string of the molecule is Cc1c(O)ccc(N=O)c1C(=O)[O-].[Na+]. The van der Waals surface area contributed by atoms with Gasteiger partial charge >= 0.3 is 29.6 Å². The molecule has 1 N–H and O–H groups in total. The van der Waals surface area contributed by atoms with Crippen LogP contribution in [0.2, 0.25) is 0 Å². The predicted octanol–water partition coefficient (Wildman–Crippen LogP) is -2.53. The molecule has 1 aromatic rings. The number of aromatic carboxylic acids is 1. The van der Waals surface area contributed by atoms with E-state index in [0.717, 1.165) is 6.07 Å². The standard InChI is InChI=1S/C8H7NO4.Na/c1-4-6(10)3-2-5(9-13)7(4)8(11)12;/h2-3,10H,1H3,(H,11,12);/q;+1/p-1. The third kappa shape index (κ3) is 2.31. The maximum atomic E-state index is 10.5. The van der Waals surface area contributed by atoms with Crippen LogP contribution >= 0.6 is 0 Å². The van der Waals surface area contributed by atoms with Crippen LogP contribution in [-0.2, 0) is 0 Å². The molecule has 0 bridgehead atoms. The van der Waals surface area contributed by atoms with Crippen LogP contribution in [-0.4, -0.2) is 11.1 Å². The normalized spacial score (nSPS) is 8.93. The first kappa shape index (κ1) is 13.1. The monoisotopic (exact) mass is 203 g/mol. The molecule has 1 aromatic carbocycles. The molecule has 0 aliphatic carbocycles. The minimum Gasteiger partial charge on any atom is -0.545 e. The number of aromatic hydroxyl groups is 1. The fourth-order valence-electron chi connectivity index (χ4n) is 1.02. The van der Waals surface area contributed by atoms with Crippen LogP contribution in [0.5, 0.6) is 5.75 Å². The Morgan fingerprint density at radius 1 is 1.50 bits per heavy atom. The molecule has 14 heavy (non-hydrogen) atoms. The third-order valence-corrected chi connectivity index (χ3v) is 1.72. The molecule has 0 aromatic heterocycles. The summed E-state index contributed by atoms with van der Waals surface area (Å²) in [4.78, 5) is 20.7. The van der Waals surface area contributed by atoms with Gasteiger partial charge in [-0.1, -0.05) is 0 Å². The molecule has 0 unspecified atom stereocenters. The zero-order valence-electron chi connectivity index (χ0n) is 7.77. The van der Waals surface area contributed by atoms with Crippen LogP contribution < -0.4 is 34.7 Å². The van der Waals surface area contributed by atoms with Gasteiger partial charge in [0, 0.05) is 11.1 Å². The molecule has 0 saturated heterocycles. The largest absolute Gasteiger partial charge is 1.00 e. The number of rotatable bonds is 2. The van der Waals surface area contributed by atoms with Crippen LogP contribution in [0, 0.1) is 11.8 Å². The van der Waals surface area contributed by atoms with Gasteiger partial charge in [-0.15, -0.1) is 4.91 Å². The Labute approximate surface area is 102 Å². The molecule has 0 spiro atoms. The Kier molecular flexibility index (Phi) is 4.76. The van der Waals surface area contributed by atoms with Gasteiger partial charge < -0.3 is 15.0 Å². The number of carbonyl (C=O) groups is 1. The molecular weight excluding hydrogens is 197 g/mol. The molecule has 68 valence electrons. The molecule has 0 amide bonds. The fraction of sp³-hybridized carbons (Fsp3) is 0.125. The molecule has 6 heteroatoms. The van der Waals surface area contributed by atoms with Crippen LogP contribution in [0.1, 0.15) is 15.9 Å². The summed E-state index contributed by atoms with van der Waals surface area (Å²) in [7, 11) is 0. The first-order valence-corrected chi connectivity index (χ1v) is 3.45. The molecule has 0 atom stereocenters. The number of phenols is 1. The van der Waals surface area contributed by atoms with Gasteiger partial charge in [-0.25, -0.2) is 0 Å². The van der Waals surface area contributed by atoms with Gasteiger partial charge in [0.2, 0.25) is 0 Å². The van der Waals surface area contributed by atoms with E-state index in [4.69, 9.17) is 5.11 Å². The van der Waals surface area contributed by atoms with E-state index in [2.05, 4.69) is 5.18 Å². The first-order chi connectivity index (χ1) is 6.07. The summed E-state index contributed by atoms with van der Waals surface area (Å²) in [5.41, 5.74) is -0.526. The molecule has 5 nitrogen and oxygen atoms in total. The average molecular weight is 203 g/mol. The van der Waals surface area contributed by atoms with Gasteiger partial charge in [0.25, 0.3) is 0 Å². The van der Waals surface area contributed by atoms with Gasteiger partial charge in [-0.3, -0.25) is 0 Å². The molecular formula is C8H6NNaO4. The summed E-state index contributed by atoms with van der Waals surface area (Å²) in [5.74, 6) is -1.73. The van der Waals surface area contributed by atoms with E-state index >= 15 is 0 Å². The zero-order valence-corrected chi connectivity index (χ0v) is 9.77. The second kappa shape index (κ2) is 5.09. The van der Waals surface area contributed by atoms with Gasteiger partial charge in [0.05, 0.1) is 5.97 Å². The molecule has 1 rings (SSSR count). The summed E-state index contributed by atoms with van der Waals surface area (Å²) >= 11 is 0. The number of hydrogen-bond acceptors (Lipinski definition) is 5. The van der Waals surface area contributed by atoms with E-state index in [1.807, 2.05) is 0 Å². The second-order valence-corrected chi connectivity index (χ2v) is 2.48. The van der Waals surface area contributed by atoms with Gasteiger partial charge in [-0.2, -0.15) is 0 Å². The van der Waals surface area contributed by atoms with Gasteiger partial charge in [-0.05, 0) is 24.2 Å². The van der Waals surface area contributed by atoms with Crippen molar-refractivity contribution < 1.29 is 44.6 Å². The average Bonchev–Trinajstić information content (AvgIpc) is 2.08. The zero-order chi connectivity index (χ0) is 10.0. The third-order valence-electron chi connectivity index (χ3n) is 1.72. The van der Waals surface area contributed by atoms with Gasteiger partial charge in [0.1, 0.15) is 11.4 Å². The predicted molar refractivity (Wildman–Crippen MR) is 42.6 cm³/mol. The fourth-order valence-corrected chi connectivity index (χ4v) is 1.02. The molecule has 0 radical (unpaired) electrons. The Bertz CT molecular complexity index is 378. The van der Waals surface area contributed by atoms with Crippen molar-refractivity contribution in [3.05, 3.63) is 28.2 Å². The maximum absolute atomic E-state index is 10.5. The van der Waals surface area contributed by atoms with E-state index < -0.39 is 5.97 Å². The minimum atomic E-state index is -1.52. The number of carbonyl (C=O) groups excluding carboxylic acids is 1. The summed E-state index contributed by atoms with van der Waals surface area (Å²) in [6.45, 7) is 1.37. The number of benzene rings is 1. The maximum Gasteiger partial charge on any atom is 1.00 e. The van der Waals surface area contributed by atoms with Crippen molar-refractivity contribution in [3.63, 3.8) is 0 Å². The molecule has 0 saturated carbocycles. The van der Waals surface area contributed by atoms with Crippen LogP contribution in [0.4, 0.5) is 5.69 Å². The van der Waals surface area contributed by atoms with Crippen molar-refractivity contribution in [2.75, 3.05) is 0 Å². The number of hydrogen-bond donors (Lipinski definition) is 1. The second-order valence-electron chi connectivity index (χ2n) is 2.48. The van der Waals surface area contributed by atoms with Crippen LogP contribution in [0.15, 0.2) is 17.3 Å². The number of nitrogens with zero attached hydrogens (tertiary/aromatic N) is 1. The number of nitroso groups, excluding NO2 is 1. The van der Waals surface area contributed by atoms with Crippen molar-refractivity contribution in [2.24, 2.45) is 5.18 Å². The summed E-state index contributed by atoms with van der Waals surface area (Å²) in [5, 5.41) is 22.2. The van der Waals surface area contributed by atoms with Crippen LogP contribution in [0.3, 0.4) is 0 Å². The molecule has 0 heterocycles.